The summed E-state index contributed by atoms with van der Waals surface area (Å²) in [5.74, 6) is 0. The third-order valence-corrected chi connectivity index (χ3v) is 1.76. The van der Waals surface area contributed by atoms with E-state index >= 15 is 0 Å². The first-order valence-electron chi connectivity index (χ1n) is 2.61. The van der Waals surface area contributed by atoms with Crippen molar-refractivity contribution in [3.8, 4) is 0 Å². The van der Waals surface area contributed by atoms with Crippen LogP contribution in [0.1, 0.15) is 0 Å². The quantitative estimate of drug-likeness (QED) is 0.475. The zero-order valence-electron chi connectivity index (χ0n) is 5.00. The predicted molar refractivity (Wildman–Crippen MR) is 42.1 cm³/mol. The summed E-state index contributed by atoms with van der Waals surface area (Å²) < 4.78 is 0. The normalized spacial score (nSPS) is 9.44. The molecule has 9 heavy (non-hydrogen) atoms. The summed E-state index contributed by atoms with van der Waals surface area (Å²) >= 11 is 1.42. The first-order chi connectivity index (χ1) is 4.34. The van der Waals surface area contributed by atoms with Gasteiger partial charge in [0.2, 0.25) is 0 Å². The van der Waals surface area contributed by atoms with Crippen LogP contribution in [-0.4, -0.2) is 0 Å². The Kier molecular flexibility index (Phi) is 2.01. The van der Waals surface area contributed by atoms with E-state index in [0.717, 1.165) is 10.6 Å². The summed E-state index contributed by atoms with van der Waals surface area (Å²) in [6.45, 7) is 0. The molecule has 0 amide bonds. The lowest BCUT2D eigenvalue weighted by molar-refractivity contribution is 1.47. The molecule has 1 rings (SSSR count). The molecule has 0 aliphatic rings. The van der Waals surface area contributed by atoms with Gasteiger partial charge in [-0.05, 0) is 12.1 Å². The van der Waals surface area contributed by atoms with Crippen LogP contribution in [0.5, 0.6) is 0 Å². The molecule has 0 fully saturated rings. The molecule has 0 aliphatic carbocycles. The highest BCUT2D eigenvalue weighted by molar-refractivity contribution is 8.00. The number of benzene rings is 1. The van der Waals surface area contributed by atoms with Crippen LogP contribution < -0.4 is 5.73 Å². The van der Waals surface area contributed by atoms with Crippen LogP contribution in [0.3, 0.4) is 0 Å². The van der Waals surface area contributed by atoms with Crippen LogP contribution in [0, 0.1) is 6.26 Å². The zero-order valence-corrected chi connectivity index (χ0v) is 5.82. The number of nitrogen functional groups attached to an aromatic ring is 1. The van der Waals surface area contributed by atoms with Gasteiger partial charge in [-0.2, -0.15) is 0 Å². The van der Waals surface area contributed by atoms with Crippen molar-refractivity contribution in [2.24, 2.45) is 0 Å². The fraction of sp³-hybridized carbons (Fsp3) is 0. The van der Waals surface area contributed by atoms with Gasteiger partial charge in [0, 0.05) is 16.8 Å². The van der Waals surface area contributed by atoms with Crippen molar-refractivity contribution in [1.82, 2.24) is 0 Å². The van der Waals surface area contributed by atoms with Gasteiger partial charge in [-0.1, -0.05) is 12.1 Å². The zero-order chi connectivity index (χ0) is 6.69. The predicted octanol–water partition coefficient (Wildman–Crippen LogP) is 2.15. The van der Waals surface area contributed by atoms with Gasteiger partial charge in [0.1, 0.15) is 0 Å². The van der Waals surface area contributed by atoms with E-state index in [0.29, 0.717) is 0 Å². The molecule has 0 heterocycles. The van der Waals surface area contributed by atoms with Crippen molar-refractivity contribution >= 4 is 17.4 Å². The lowest BCUT2D eigenvalue weighted by Gasteiger charge is -1.97. The molecule has 0 bridgehead atoms. The second kappa shape index (κ2) is 2.78. The Balaban J connectivity index is 3.01. The molecule has 47 valence electrons. The maximum Gasteiger partial charge on any atom is 0.0452 e. The van der Waals surface area contributed by atoms with E-state index < -0.39 is 0 Å². The first-order valence-corrected chi connectivity index (χ1v) is 3.59. The third-order valence-electron chi connectivity index (χ3n) is 1.07. The fourth-order valence-electron chi connectivity index (χ4n) is 0.612. The smallest absolute Gasteiger partial charge is 0.0452 e. The van der Waals surface area contributed by atoms with Gasteiger partial charge >= 0.3 is 0 Å². The minimum absolute atomic E-state index is 0.803. The van der Waals surface area contributed by atoms with Crippen LogP contribution in [0.25, 0.3) is 0 Å². The third kappa shape index (κ3) is 1.39. The Morgan fingerprint density at radius 3 is 2.44 bits per heavy atom. The maximum atomic E-state index is 5.57. The molecule has 0 atom stereocenters. The van der Waals surface area contributed by atoms with Crippen molar-refractivity contribution in [1.29, 1.82) is 0 Å². The lowest BCUT2D eigenvalue weighted by Crippen LogP contribution is -1.84. The highest BCUT2D eigenvalue weighted by atomic mass is 32.2. The number of rotatable bonds is 1. The Morgan fingerprint density at radius 1 is 1.33 bits per heavy atom. The van der Waals surface area contributed by atoms with Gasteiger partial charge in [-0.15, -0.1) is 11.8 Å². The van der Waals surface area contributed by atoms with Crippen LogP contribution in [0.4, 0.5) is 5.69 Å². The highest BCUT2D eigenvalue weighted by Gasteiger charge is 1.91. The van der Waals surface area contributed by atoms with Crippen molar-refractivity contribution in [3.05, 3.63) is 30.5 Å². The molecule has 1 aromatic carbocycles. The monoisotopic (exact) mass is 138 g/mol. The van der Waals surface area contributed by atoms with E-state index in [-0.39, 0.29) is 0 Å². The number of para-hydroxylation sites is 1. The van der Waals surface area contributed by atoms with Crippen molar-refractivity contribution in [2.75, 3.05) is 5.73 Å². The van der Waals surface area contributed by atoms with E-state index in [4.69, 9.17) is 5.73 Å². The molecule has 0 aliphatic heterocycles. The van der Waals surface area contributed by atoms with E-state index in [1.165, 1.54) is 11.8 Å². The van der Waals surface area contributed by atoms with Crippen molar-refractivity contribution in [3.63, 3.8) is 0 Å². The molecule has 0 spiro atoms. The fourth-order valence-corrected chi connectivity index (χ4v) is 1.02. The molecule has 1 radical (unpaired) electrons. The molecule has 1 nitrogen and oxygen atoms in total. The molecular weight excluding hydrogens is 130 g/mol. The number of hydrogen-bond donors (Lipinski definition) is 1. The van der Waals surface area contributed by atoms with Gasteiger partial charge in [-0.25, -0.2) is 0 Å². The number of thioether (sulfide) groups is 1. The minimum Gasteiger partial charge on any atom is -0.398 e. The second-order valence-electron chi connectivity index (χ2n) is 1.68. The Labute approximate surface area is 59.3 Å². The lowest BCUT2D eigenvalue weighted by atomic mass is 10.3. The van der Waals surface area contributed by atoms with E-state index in [1.807, 2.05) is 24.3 Å². The van der Waals surface area contributed by atoms with Crippen molar-refractivity contribution < 1.29 is 0 Å². The molecule has 2 heteroatoms. The summed E-state index contributed by atoms with van der Waals surface area (Å²) in [6.07, 6.45) is 3.65. The van der Waals surface area contributed by atoms with Crippen LogP contribution in [-0.2, 0) is 0 Å². The Hall–Kier alpha value is -0.630. The molecule has 0 aromatic heterocycles. The summed E-state index contributed by atoms with van der Waals surface area (Å²) in [4.78, 5) is 1.04. The molecular formula is C7H8NS. The second-order valence-corrected chi connectivity index (χ2v) is 2.41. The maximum absolute atomic E-state index is 5.57. The number of nitrogens with two attached hydrogens (primary N) is 1. The van der Waals surface area contributed by atoms with E-state index in [9.17, 15) is 0 Å². The topological polar surface area (TPSA) is 26.0 Å². The van der Waals surface area contributed by atoms with Gasteiger partial charge in [0.25, 0.3) is 0 Å². The molecule has 2 N–H and O–H groups in total. The van der Waals surface area contributed by atoms with Crippen molar-refractivity contribution in [2.45, 2.75) is 4.90 Å². The summed E-state index contributed by atoms with van der Waals surface area (Å²) in [7, 11) is 0. The Bertz CT molecular complexity index is 198. The van der Waals surface area contributed by atoms with Gasteiger partial charge < -0.3 is 5.73 Å². The number of hydrogen-bond acceptors (Lipinski definition) is 2. The van der Waals surface area contributed by atoms with Crippen LogP contribution in [0.15, 0.2) is 29.2 Å². The van der Waals surface area contributed by atoms with E-state index in [2.05, 4.69) is 6.26 Å². The summed E-state index contributed by atoms with van der Waals surface area (Å²) in [5.41, 5.74) is 6.37. The van der Waals surface area contributed by atoms with Gasteiger partial charge in [0.15, 0.2) is 0 Å². The van der Waals surface area contributed by atoms with Crippen LogP contribution in [0.2, 0.25) is 0 Å². The van der Waals surface area contributed by atoms with Gasteiger partial charge in [-0.3, -0.25) is 0 Å². The SMILES string of the molecule is [CH2]Sc1ccccc1N. The largest absolute Gasteiger partial charge is 0.398 e. The molecule has 0 unspecified atom stereocenters. The van der Waals surface area contributed by atoms with E-state index in [1.54, 1.807) is 0 Å². The molecule has 0 saturated carbocycles. The van der Waals surface area contributed by atoms with Gasteiger partial charge in [0.05, 0.1) is 0 Å². The first kappa shape index (κ1) is 6.49. The Morgan fingerprint density at radius 2 is 2.00 bits per heavy atom. The highest BCUT2D eigenvalue weighted by Crippen LogP contribution is 2.21. The minimum atomic E-state index is 0.803. The average molecular weight is 138 g/mol. The molecule has 0 saturated heterocycles. The van der Waals surface area contributed by atoms with Crippen LogP contribution >= 0.6 is 11.8 Å². The summed E-state index contributed by atoms with van der Waals surface area (Å²) in [6, 6.07) is 7.68. The number of anilines is 1. The summed E-state index contributed by atoms with van der Waals surface area (Å²) in [5, 5.41) is 0. The average Bonchev–Trinajstić information content (AvgIpc) is 1.89. The standard InChI is InChI=1S/C7H8NS/c1-9-7-5-3-2-4-6(7)8/h2-5H,1,8H2. The molecule has 1 aromatic rings.